The number of carbonyl (C=O) groups excluding carboxylic acids is 1. The van der Waals surface area contributed by atoms with Crippen molar-refractivity contribution in [3.8, 4) is 5.69 Å². The molecule has 0 bridgehead atoms. The van der Waals surface area contributed by atoms with Crippen LogP contribution in [0.4, 0.5) is 0 Å². The number of carbonyl (C=O) groups is 1. The molecule has 1 saturated heterocycles. The molecule has 35 heavy (non-hydrogen) atoms. The number of aromatic nitrogens is 1. The minimum Gasteiger partial charge on any atom is -0.379 e. The van der Waals surface area contributed by atoms with Gasteiger partial charge in [-0.15, -0.1) is 0 Å². The Balaban J connectivity index is 1.52. The van der Waals surface area contributed by atoms with Crippen LogP contribution in [0.25, 0.3) is 16.6 Å². The lowest BCUT2D eigenvalue weighted by atomic mass is 10.1. The third kappa shape index (κ3) is 5.30. The van der Waals surface area contributed by atoms with Crippen LogP contribution < -0.4 is 10.7 Å². The molecule has 4 aromatic rings. The second kappa shape index (κ2) is 10.4. The number of hydrogen-bond acceptors (Lipinski definition) is 4. The van der Waals surface area contributed by atoms with Crippen LogP contribution in [0.3, 0.4) is 0 Å². The lowest BCUT2D eigenvalue weighted by Crippen LogP contribution is -2.35. The summed E-state index contributed by atoms with van der Waals surface area (Å²) in [5, 5.41) is 4.04. The Morgan fingerprint density at radius 3 is 2.40 bits per heavy atom. The molecular weight excluding hydrogens is 462 g/mol. The number of nitrogens with one attached hydrogen (secondary N) is 1. The Morgan fingerprint density at radius 1 is 0.943 bits per heavy atom. The Morgan fingerprint density at radius 2 is 1.66 bits per heavy atom. The highest BCUT2D eigenvalue weighted by Crippen LogP contribution is 2.20. The van der Waals surface area contributed by atoms with Crippen molar-refractivity contribution in [2.45, 2.75) is 13.1 Å². The summed E-state index contributed by atoms with van der Waals surface area (Å²) in [4.78, 5) is 29.0. The molecule has 5 rings (SSSR count). The minimum atomic E-state index is -0.407. The van der Waals surface area contributed by atoms with Crippen molar-refractivity contribution in [1.82, 2.24) is 14.8 Å². The number of halogens is 1. The van der Waals surface area contributed by atoms with Crippen molar-refractivity contribution >= 4 is 28.4 Å². The molecule has 3 aromatic carbocycles. The fraction of sp³-hybridized carbons (Fsp3) is 0.214. The number of amides is 1. The quantitative estimate of drug-likeness (QED) is 0.437. The highest BCUT2D eigenvalue weighted by atomic mass is 35.5. The van der Waals surface area contributed by atoms with E-state index in [4.69, 9.17) is 16.3 Å². The van der Waals surface area contributed by atoms with Gasteiger partial charge in [-0.05, 0) is 47.5 Å². The van der Waals surface area contributed by atoms with Gasteiger partial charge in [0.2, 0.25) is 5.43 Å². The van der Waals surface area contributed by atoms with Gasteiger partial charge in [0.15, 0.2) is 0 Å². The van der Waals surface area contributed by atoms with Crippen molar-refractivity contribution < 1.29 is 9.53 Å². The van der Waals surface area contributed by atoms with E-state index in [-0.39, 0.29) is 11.0 Å². The van der Waals surface area contributed by atoms with Crippen LogP contribution in [0.1, 0.15) is 21.5 Å². The van der Waals surface area contributed by atoms with Crippen LogP contribution in [-0.2, 0) is 17.8 Å². The van der Waals surface area contributed by atoms with Gasteiger partial charge in [0.05, 0.1) is 18.7 Å². The molecule has 1 amide bonds. The maximum atomic E-state index is 13.5. The second-order valence-electron chi connectivity index (χ2n) is 8.63. The van der Waals surface area contributed by atoms with E-state index in [2.05, 4.69) is 16.3 Å². The van der Waals surface area contributed by atoms with Gasteiger partial charge in [-0.2, -0.15) is 0 Å². The molecule has 6 nitrogen and oxygen atoms in total. The highest BCUT2D eigenvalue weighted by molar-refractivity contribution is 6.30. The van der Waals surface area contributed by atoms with E-state index < -0.39 is 5.91 Å². The first-order valence-electron chi connectivity index (χ1n) is 11.6. The number of para-hydroxylation sites is 1. The molecule has 7 heteroatoms. The summed E-state index contributed by atoms with van der Waals surface area (Å²) in [5.41, 5.74) is 3.42. The minimum absolute atomic E-state index is 0.110. The molecule has 2 heterocycles. The lowest BCUT2D eigenvalue weighted by molar-refractivity contribution is 0.0342. The van der Waals surface area contributed by atoms with E-state index in [0.29, 0.717) is 30.2 Å². The number of pyridine rings is 1. The summed E-state index contributed by atoms with van der Waals surface area (Å²) in [6.45, 7) is 4.18. The second-order valence-corrected chi connectivity index (χ2v) is 9.06. The number of hydrogen-bond donors (Lipinski definition) is 1. The molecule has 1 N–H and O–H groups in total. The van der Waals surface area contributed by atoms with Crippen molar-refractivity contribution in [2.24, 2.45) is 0 Å². The maximum Gasteiger partial charge on any atom is 0.257 e. The molecule has 1 aliphatic heterocycles. The topological polar surface area (TPSA) is 63.6 Å². The summed E-state index contributed by atoms with van der Waals surface area (Å²) in [6.07, 6.45) is 1.64. The summed E-state index contributed by atoms with van der Waals surface area (Å²) in [6, 6.07) is 22.9. The fourth-order valence-electron chi connectivity index (χ4n) is 4.34. The molecular formula is C28H26ClN3O3. The highest BCUT2D eigenvalue weighted by Gasteiger charge is 2.18. The average molecular weight is 488 g/mol. The van der Waals surface area contributed by atoms with E-state index in [1.165, 1.54) is 0 Å². The van der Waals surface area contributed by atoms with Gasteiger partial charge in [-0.3, -0.25) is 14.5 Å². The van der Waals surface area contributed by atoms with Crippen molar-refractivity contribution in [3.05, 3.63) is 111 Å². The van der Waals surface area contributed by atoms with Gasteiger partial charge in [0, 0.05) is 48.5 Å². The largest absolute Gasteiger partial charge is 0.379 e. The Labute approximate surface area is 208 Å². The number of fused-ring (bicyclic) bond motifs is 1. The van der Waals surface area contributed by atoms with Gasteiger partial charge in [-0.25, -0.2) is 0 Å². The molecule has 0 atom stereocenters. The third-order valence-corrected chi connectivity index (χ3v) is 6.48. The van der Waals surface area contributed by atoms with E-state index in [0.717, 1.165) is 42.0 Å². The monoisotopic (exact) mass is 487 g/mol. The predicted octanol–water partition coefficient (Wildman–Crippen LogP) is 4.41. The molecule has 0 spiro atoms. The van der Waals surface area contributed by atoms with Gasteiger partial charge in [0.25, 0.3) is 5.91 Å². The van der Waals surface area contributed by atoms with Gasteiger partial charge < -0.3 is 14.6 Å². The number of ether oxygens (including phenoxy) is 1. The zero-order chi connectivity index (χ0) is 24.2. The molecule has 1 aromatic heterocycles. The SMILES string of the molecule is O=C(NCc1ccc(Cl)cc1)c1cn(-c2ccccc2)c2ccc(CN3CCOCC3)cc2c1=O. The standard InChI is InChI=1S/C28H26ClN3O3/c29-22-9-6-20(7-10-22)17-30-28(34)25-19-32(23-4-2-1-3-5-23)26-11-8-21(16-24(26)27(25)33)18-31-12-14-35-15-13-31/h1-11,16,19H,12-15,17-18H2,(H,30,34). The van der Waals surface area contributed by atoms with Gasteiger partial charge in [-0.1, -0.05) is 48.0 Å². The Bertz CT molecular complexity index is 1400. The number of nitrogens with zero attached hydrogens (tertiary/aromatic N) is 2. The van der Waals surface area contributed by atoms with E-state index in [1.54, 1.807) is 18.3 Å². The van der Waals surface area contributed by atoms with Crippen molar-refractivity contribution in [2.75, 3.05) is 26.3 Å². The van der Waals surface area contributed by atoms with Crippen molar-refractivity contribution in [1.29, 1.82) is 0 Å². The molecule has 0 unspecified atom stereocenters. The zero-order valence-electron chi connectivity index (χ0n) is 19.2. The maximum absolute atomic E-state index is 13.5. The smallest absolute Gasteiger partial charge is 0.257 e. The summed E-state index contributed by atoms with van der Waals surface area (Å²) >= 11 is 5.96. The first-order valence-corrected chi connectivity index (χ1v) is 12.0. The lowest BCUT2D eigenvalue weighted by Gasteiger charge is -2.26. The van der Waals surface area contributed by atoms with Crippen LogP contribution in [0.15, 0.2) is 83.8 Å². The average Bonchev–Trinajstić information content (AvgIpc) is 2.90. The third-order valence-electron chi connectivity index (χ3n) is 6.22. The summed E-state index contributed by atoms with van der Waals surface area (Å²) < 4.78 is 7.36. The molecule has 0 aliphatic carbocycles. The van der Waals surface area contributed by atoms with Gasteiger partial charge >= 0.3 is 0 Å². The Kier molecular flexibility index (Phi) is 6.95. The predicted molar refractivity (Wildman–Crippen MR) is 138 cm³/mol. The molecule has 0 saturated carbocycles. The summed E-state index contributed by atoms with van der Waals surface area (Å²) in [5.74, 6) is -0.407. The van der Waals surface area contributed by atoms with Crippen LogP contribution in [0.5, 0.6) is 0 Å². The number of rotatable bonds is 6. The van der Waals surface area contributed by atoms with Crippen LogP contribution >= 0.6 is 11.6 Å². The van der Waals surface area contributed by atoms with Crippen LogP contribution in [0.2, 0.25) is 5.02 Å². The molecule has 1 fully saturated rings. The summed E-state index contributed by atoms with van der Waals surface area (Å²) in [7, 11) is 0. The number of morpholine rings is 1. The normalized spacial score (nSPS) is 14.2. The van der Waals surface area contributed by atoms with E-state index >= 15 is 0 Å². The Hall–Kier alpha value is -3.45. The number of benzene rings is 3. The molecule has 178 valence electrons. The molecule has 0 radical (unpaired) electrons. The van der Waals surface area contributed by atoms with Crippen molar-refractivity contribution in [3.63, 3.8) is 0 Å². The first kappa shape index (κ1) is 23.3. The van der Waals surface area contributed by atoms with Crippen LogP contribution in [0, 0.1) is 0 Å². The fourth-order valence-corrected chi connectivity index (χ4v) is 4.46. The zero-order valence-corrected chi connectivity index (χ0v) is 20.0. The molecule has 1 aliphatic rings. The van der Waals surface area contributed by atoms with Gasteiger partial charge in [0.1, 0.15) is 5.56 Å². The van der Waals surface area contributed by atoms with E-state index in [9.17, 15) is 9.59 Å². The first-order chi connectivity index (χ1) is 17.1. The van der Waals surface area contributed by atoms with E-state index in [1.807, 2.05) is 59.2 Å². The van der Waals surface area contributed by atoms with Crippen LogP contribution in [-0.4, -0.2) is 41.7 Å².